The monoisotopic (exact) mass is 322 g/mol. The highest BCUT2D eigenvalue weighted by molar-refractivity contribution is 7.16. The molecule has 1 aliphatic carbocycles. The molecule has 0 saturated carbocycles. The summed E-state index contributed by atoms with van der Waals surface area (Å²) in [5, 5.41) is 14.5. The van der Waals surface area contributed by atoms with Gasteiger partial charge in [0.1, 0.15) is 0 Å². The van der Waals surface area contributed by atoms with Gasteiger partial charge >= 0.3 is 0 Å². The number of thiophene rings is 1. The molecule has 1 unspecified atom stereocenters. The summed E-state index contributed by atoms with van der Waals surface area (Å²) in [7, 11) is 0. The van der Waals surface area contributed by atoms with E-state index in [-0.39, 0.29) is 16.7 Å². The first-order valence-electron chi connectivity index (χ1n) is 6.76. The zero-order valence-corrected chi connectivity index (χ0v) is 13.3. The summed E-state index contributed by atoms with van der Waals surface area (Å²) in [5.74, 6) is 0. The zero-order valence-electron chi connectivity index (χ0n) is 11.8. The summed E-state index contributed by atoms with van der Waals surface area (Å²) in [4.78, 5) is 12.0. The van der Waals surface area contributed by atoms with E-state index in [0.717, 1.165) is 28.4 Å². The van der Waals surface area contributed by atoms with Crippen molar-refractivity contribution < 1.29 is 4.92 Å². The first-order valence-corrected chi connectivity index (χ1v) is 7.95. The molecule has 21 heavy (non-hydrogen) atoms. The summed E-state index contributed by atoms with van der Waals surface area (Å²) in [6, 6.07) is 5.76. The van der Waals surface area contributed by atoms with Gasteiger partial charge in [-0.1, -0.05) is 11.6 Å². The highest BCUT2D eigenvalue weighted by atomic mass is 35.5. The molecule has 4 nitrogen and oxygen atoms in total. The van der Waals surface area contributed by atoms with Crippen LogP contribution in [0.1, 0.15) is 34.0 Å². The van der Waals surface area contributed by atoms with Crippen LogP contribution in [-0.2, 0) is 6.42 Å². The van der Waals surface area contributed by atoms with Crippen molar-refractivity contribution in [1.29, 1.82) is 0 Å². The third-order valence-electron chi connectivity index (χ3n) is 3.92. The minimum atomic E-state index is -0.335. The molecule has 0 spiro atoms. The number of aryl methyl sites for hydroxylation is 3. The summed E-state index contributed by atoms with van der Waals surface area (Å²) >= 11 is 7.72. The van der Waals surface area contributed by atoms with Crippen molar-refractivity contribution in [3.63, 3.8) is 0 Å². The van der Waals surface area contributed by atoms with Crippen LogP contribution in [-0.4, -0.2) is 4.92 Å². The lowest BCUT2D eigenvalue weighted by atomic mass is 10.1. The Labute approximate surface area is 131 Å². The maximum absolute atomic E-state index is 11.0. The molecule has 0 amide bonds. The van der Waals surface area contributed by atoms with Gasteiger partial charge in [-0.3, -0.25) is 10.1 Å². The van der Waals surface area contributed by atoms with Crippen LogP contribution in [0.5, 0.6) is 0 Å². The van der Waals surface area contributed by atoms with E-state index in [0.29, 0.717) is 5.56 Å². The SMILES string of the molecule is Cc1cc([N+](=O)[O-])c(C)cc1NC1CCc2sc(Cl)cc21. The van der Waals surface area contributed by atoms with Gasteiger partial charge in [0, 0.05) is 22.2 Å². The van der Waals surface area contributed by atoms with Crippen molar-refractivity contribution in [2.24, 2.45) is 0 Å². The van der Waals surface area contributed by atoms with Crippen LogP contribution in [0.15, 0.2) is 18.2 Å². The van der Waals surface area contributed by atoms with Crippen LogP contribution in [0.4, 0.5) is 11.4 Å². The number of fused-ring (bicyclic) bond motifs is 1. The Balaban J connectivity index is 1.89. The van der Waals surface area contributed by atoms with E-state index in [1.807, 2.05) is 19.1 Å². The van der Waals surface area contributed by atoms with E-state index >= 15 is 0 Å². The van der Waals surface area contributed by atoms with Crippen molar-refractivity contribution in [2.45, 2.75) is 32.7 Å². The van der Waals surface area contributed by atoms with Gasteiger partial charge in [0.15, 0.2) is 0 Å². The number of hydrogen-bond acceptors (Lipinski definition) is 4. The lowest BCUT2D eigenvalue weighted by molar-refractivity contribution is -0.385. The van der Waals surface area contributed by atoms with E-state index in [9.17, 15) is 10.1 Å². The fraction of sp³-hybridized carbons (Fsp3) is 0.333. The smallest absolute Gasteiger partial charge is 0.272 e. The van der Waals surface area contributed by atoms with Crippen LogP contribution in [0.3, 0.4) is 0 Å². The number of nitrogens with one attached hydrogen (secondary N) is 1. The molecule has 0 bridgehead atoms. The van der Waals surface area contributed by atoms with Crippen LogP contribution in [0.2, 0.25) is 4.34 Å². The largest absolute Gasteiger partial charge is 0.378 e. The number of halogens is 1. The minimum absolute atomic E-state index is 0.170. The molecule has 1 aliphatic rings. The van der Waals surface area contributed by atoms with Gasteiger partial charge in [-0.05, 0) is 49.9 Å². The molecule has 1 heterocycles. The molecule has 6 heteroatoms. The van der Waals surface area contributed by atoms with E-state index in [1.54, 1.807) is 24.3 Å². The molecule has 0 radical (unpaired) electrons. The molecule has 1 aromatic carbocycles. The number of nitrogens with zero attached hydrogens (tertiary/aromatic N) is 1. The average molecular weight is 323 g/mol. The predicted octanol–water partition coefficient (Wildman–Crippen LogP) is 5.03. The van der Waals surface area contributed by atoms with Crippen molar-refractivity contribution in [3.05, 3.63) is 54.2 Å². The molecular formula is C15H15ClN2O2S. The number of hydrogen-bond donors (Lipinski definition) is 1. The topological polar surface area (TPSA) is 55.2 Å². The number of rotatable bonds is 3. The summed E-state index contributed by atoms with van der Waals surface area (Å²) < 4.78 is 0.822. The second kappa shape index (κ2) is 5.31. The second-order valence-corrected chi connectivity index (χ2v) is 7.14. The predicted molar refractivity (Wildman–Crippen MR) is 86.6 cm³/mol. The fourth-order valence-corrected chi connectivity index (χ4v) is 4.18. The highest BCUT2D eigenvalue weighted by Gasteiger charge is 2.25. The molecule has 1 aromatic heterocycles. The zero-order chi connectivity index (χ0) is 15.1. The second-order valence-electron chi connectivity index (χ2n) is 5.38. The van der Waals surface area contributed by atoms with E-state index in [2.05, 4.69) is 5.32 Å². The third kappa shape index (κ3) is 2.63. The maximum atomic E-state index is 11.0. The lowest BCUT2D eigenvalue weighted by Crippen LogP contribution is -2.08. The number of benzene rings is 1. The van der Waals surface area contributed by atoms with Crippen LogP contribution >= 0.6 is 22.9 Å². The highest BCUT2D eigenvalue weighted by Crippen LogP contribution is 2.41. The molecule has 0 saturated heterocycles. The van der Waals surface area contributed by atoms with E-state index < -0.39 is 0 Å². The van der Waals surface area contributed by atoms with Gasteiger partial charge in [-0.15, -0.1) is 11.3 Å². The Kier molecular flexibility index (Phi) is 3.63. The van der Waals surface area contributed by atoms with E-state index in [1.165, 1.54) is 10.4 Å². The molecule has 110 valence electrons. The quantitative estimate of drug-likeness (QED) is 0.637. The number of nitro benzene ring substituents is 1. The van der Waals surface area contributed by atoms with E-state index in [4.69, 9.17) is 11.6 Å². The maximum Gasteiger partial charge on any atom is 0.272 e. The molecule has 0 fully saturated rings. The fourth-order valence-electron chi connectivity index (χ4n) is 2.82. The Hall–Kier alpha value is -1.59. The number of anilines is 1. The molecule has 3 rings (SSSR count). The van der Waals surface area contributed by atoms with Crippen molar-refractivity contribution in [2.75, 3.05) is 5.32 Å². The first-order chi connectivity index (χ1) is 9.95. The molecule has 2 aromatic rings. The van der Waals surface area contributed by atoms with Crippen molar-refractivity contribution in [1.82, 2.24) is 0 Å². The van der Waals surface area contributed by atoms with Gasteiger partial charge in [-0.2, -0.15) is 0 Å². The van der Waals surface area contributed by atoms with Gasteiger partial charge in [0.2, 0.25) is 0 Å². The van der Waals surface area contributed by atoms with Crippen LogP contribution < -0.4 is 5.32 Å². The summed E-state index contributed by atoms with van der Waals surface area (Å²) in [5.41, 5.74) is 3.96. The summed E-state index contributed by atoms with van der Waals surface area (Å²) in [6.07, 6.45) is 2.07. The molecular weight excluding hydrogens is 308 g/mol. The first kappa shape index (κ1) is 14.4. The van der Waals surface area contributed by atoms with Gasteiger partial charge < -0.3 is 5.32 Å². The Bertz CT molecular complexity index is 727. The standard InChI is InChI=1S/C15H15ClN2O2S/c1-8-6-13(18(19)20)9(2)5-12(8)17-11-3-4-14-10(11)7-15(16)21-14/h5-7,11,17H,3-4H2,1-2H3. The Morgan fingerprint density at radius 3 is 2.81 bits per heavy atom. The normalized spacial score (nSPS) is 16.8. The number of nitro groups is 1. The Morgan fingerprint density at radius 2 is 2.10 bits per heavy atom. The van der Waals surface area contributed by atoms with Crippen LogP contribution in [0.25, 0.3) is 0 Å². The molecule has 0 aliphatic heterocycles. The van der Waals surface area contributed by atoms with Gasteiger partial charge in [-0.25, -0.2) is 0 Å². The summed E-state index contributed by atoms with van der Waals surface area (Å²) in [6.45, 7) is 3.66. The molecule has 1 atom stereocenters. The van der Waals surface area contributed by atoms with Crippen LogP contribution in [0, 0.1) is 24.0 Å². The third-order valence-corrected chi connectivity index (χ3v) is 5.26. The average Bonchev–Trinajstić information content (AvgIpc) is 2.93. The lowest BCUT2D eigenvalue weighted by Gasteiger charge is -2.17. The Morgan fingerprint density at radius 1 is 1.33 bits per heavy atom. The van der Waals surface area contributed by atoms with Gasteiger partial charge in [0.25, 0.3) is 5.69 Å². The minimum Gasteiger partial charge on any atom is -0.378 e. The van der Waals surface area contributed by atoms with Gasteiger partial charge in [0.05, 0.1) is 15.3 Å². The molecule has 1 N–H and O–H groups in total. The van der Waals surface area contributed by atoms with Crippen molar-refractivity contribution >= 4 is 34.3 Å². The van der Waals surface area contributed by atoms with Crippen molar-refractivity contribution in [3.8, 4) is 0 Å².